The van der Waals surface area contributed by atoms with Crippen LogP contribution in [-0.4, -0.2) is 30.5 Å². The van der Waals surface area contributed by atoms with Crippen LogP contribution in [0.3, 0.4) is 0 Å². The highest BCUT2D eigenvalue weighted by Crippen LogP contribution is 2.43. The van der Waals surface area contributed by atoms with Crippen molar-refractivity contribution in [3.63, 3.8) is 0 Å². The van der Waals surface area contributed by atoms with Crippen molar-refractivity contribution in [1.82, 2.24) is 4.98 Å². The highest BCUT2D eigenvalue weighted by molar-refractivity contribution is 5.93. The largest absolute Gasteiger partial charge is 0.507 e. The van der Waals surface area contributed by atoms with Crippen molar-refractivity contribution in [1.29, 1.82) is 0 Å². The highest BCUT2D eigenvalue weighted by atomic mass is 16.5. The summed E-state index contributed by atoms with van der Waals surface area (Å²) in [6.07, 6.45) is 1.79. The lowest BCUT2D eigenvalue weighted by molar-refractivity contribution is 0.390. The number of nitrogens with one attached hydrogen (secondary N) is 1. The highest BCUT2D eigenvalue weighted by Gasteiger charge is 2.23. The van der Waals surface area contributed by atoms with Crippen LogP contribution < -0.4 is 10.2 Å². The molecule has 0 spiro atoms. The first-order chi connectivity index (χ1) is 15.3. The van der Waals surface area contributed by atoms with Gasteiger partial charge in [-0.3, -0.25) is 4.79 Å². The molecule has 0 fully saturated rings. The van der Waals surface area contributed by atoms with E-state index in [1.165, 1.54) is 18.2 Å². The number of fused-ring (bicyclic) bond motifs is 2. The van der Waals surface area contributed by atoms with Crippen LogP contribution in [0.2, 0.25) is 0 Å². The molecule has 0 saturated heterocycles. The maximum Gasteiger partial charge on any atom is 0.238 e. The molecule has 5 aromatic rings. The zero-order valence-electron chi connectivity index (χ0n) is 16.2. The van der Waals surface area contributed by atoms with E-state index in [9.17, 15) is 30.3 Å². The summed E-state index contributed by atoms with van der Waals surface area (Å²) >= 11 is 0. The molecule has 0 aliphatic carbocycles. The molecule has 9 nitrogen and oxygen atoms in total. The van der Waals surface area contributed by atoms with Gasteiger partial charge in [0.05, 0.1) is 0 Å². The summed E-state index contributed by atoms with van der Waals surface area (Å²) in [6, 6.07) is 12.1. The number of hydrogen-bond donors (Lipinski definition) is 6. The lowest BCUT2D eigenvalue weighted by Crippen LogP contribution is -2.03. The number of aromatic nitrogens is 1. The third kappa shape index (κ3) is 2.91. The smallest absolute Gasteiger partial charge is 0.238 e. The molecule has 2 aromatic heterocycles. The van der Waals surface area contributed by atoms with Gasteiger partial charge in [0.25, 0.3) is 0 Å². The Morgan fingerprint density at radius 3 is 2.41 bits per heavy atom. The first kappa shape index (κ1) is 19.2. The number of phenolic OH excluding ortho intramolecular Hbond substituents is 4. The van der Waals surface area contributed by atoms with Crippen LogP contribution in [0.15, 0.2) is 63.9 Å². The number of phenols is 4. The molecule has 9 heteroatoms. The quantitative estimate of drug-likeness (QED) is 0.182. The van der Waals surface area contributed by atoms with Gasteiger partial charge in [-0.15, -0.1) is 0 Å². The van der Waals surface area contributed by atoms with E-state index in [1.807, 2.05) is 12.1 Å². The van der Waals surface area contributed by atoms with Gasteiger partial charge in [0, 0.05) is 29.4 Å². The third-order valence-electron chi connectivity index (χ3n) is 5.05. The fourth-order valence-electron chi connectivity index (χ4n) is 3.47. The molecule has 0 unspecified atom stereocenters. The first-order valence-corrected chi connectivity index (χ1v) is 9.35. The van der Waals surface area contributed by atoms with Crippen LogP contribution in [0.25, 0.3) is 33.2 Å². The molecule has 3 aromatic carbocycles. The minimum atomic E-state index is -1.02. The van der Waals surface area contributed by atoms with Gasteiger partial charge in [-0.1, -0.05) is 0 Å². The molecule has 0 saturated carbocycles. The second-order valence-electron chi connectivity index (χ2n) is 7.09. The minimum Gasteiger partial charge on any atom is -0.507 e. The van der Waals surface area contributed by atoms with E-state index in [2.05, 4.69) is 4.98 Å². The molecular weight excluding hydrogens is 418 g/mol. The summed E-state index contributed by atoms with van der Waals surface area (Å²) in [5.74, 6) is -3.10. The average Bonchev–Trinajstić information content (AvgIpc) is 3.23. The molecule has 0 atom stereocenters. The van der Waals surface area contributed by atoms with Crippen LogP contribution in [0.5, 0.6) is 40.2 Å². The van der Waals surface area contributed by atoms with Crippen molar-refractivity contribution in [2.45, 2.75) is 0 Å². The Hall–Kier alpha value is -4.79. The summed E-state index contributed by atoms with van der Waals surface area (Å²) in [5.41, 5.74) is -0.589. The van der Waals surface area contributed by atoms with Crippen molar-refractivity contribution < 1.29 is 34.7 Å². The van der Waals surface area contributed by atoms with Crippen LogP contribution in [-0.2, 0) is 0 Å². The molecule has 32 heavy (non-hydrogen) atoms. The molecule has 5 rings (SSSR count). The molecular formula is C23H15NO8. The predicted molar refractivity (Wildman–Crippen MR) is 115 cm³/mol. The Kier molecular flexibility index (Phi) is 4.13. The predicted octanol–water partition coefficient (Wildman–Crippen LogP) is 4.26. The Balaban J connectivity index is 1.58. The Bertz CT molecular complexity index is 1580. The van der Waals surface area contributed by atoms with E-state index in [0.717, 1.165) is 17.0 Å². The second-order valence-corrected chi connectivity index (χ2v) is 7.09. The van der Waals surface area contributed by atoms with Crippen LogP contribution in [0.1, 0.15) is 0 Å². The average molecular weight is 433 g/mol. The lowest BCUT2D eigenvalue weighted by Gasteiger charge is -2.11. The van der Waals surface area contributed by atoms with Gasteiger partial charge in [0.15, 0.2) is 28.6 Å². The van der Waals surface area contributed by atoms with Crippen molar-refractivity contribution in [3.05, 3.63) is 65.0 Å². The summed E-state index contributed by atoms with van der Waals surface area (Å²) in [6.45, 7) is 0. The summed E-state index contributed by atoms with van der Waals surface area (Å²) in [5, 5.41) is 50.9. The SMILES string of the molecule is O=c1c(O)c(-c2ccc(Oc3ccc4cc[nH]c4c3)c(O)c2)oc2c(O)c(O)cc(O)c12. The van der Waals surface area contributed by atoms with E-state index < -0.39 is 39.4 Å². The van der Waals surface area contributed by atoms with E-state index in [0.29, 0.717) is 5.75 Å². The summed E-state index contributed by atoms with van der Waals surface area (Å²) in [4.78, 5) is 15.6. The molecule has 0 aliphatic heterocycles. The van der Waals surface area contributed by atoms with Crippen LogP contribution in [0, 0.1) is 0 Å². The molecule has 6 N–H and O–H groups in total. The zero-order chi connectivity index (χ0) is 22.6. The van der Waals surface area contributed by atoms with E-state index in [4.69, 9.17) is 9.15 Å². The lowest BCUT2D eigenvalue weighted by atomic mass is 10.1. The second kappa shape index (κ2) is 6.88. The number of aromatic amines is 1. The number of H-pyrrole nitrogens is 1. The zero-order valence-corrected chi connectivity index (χ0v) is 16.2. The van der Waals surface area contributed by atoms with Crippen molar-refractivity contribution in [3.8, 4) is 51.6 Å². The van der Waals surface area contributed by atoms with Crippen molar-refractivity contribution in [2.24, 2.45) is 0 Å². The molecule has 0 radical (unpaired) electrons. The third-order valence-corrected chi connectivity index (χ3v) is 5.05. The maximum atomic E-state index is 12.5. The monoisotopic (exact) mass is 433 g/mol. The van der Waals surface area contributed by atoms with Crippen molar-refractivity contribution in [2.75, 3.05) is 0 Å². The first-order valence-electron chi connectivity index (χ1n) is 9.35. The topological polar surface area (TPSA) is 156 Å². The molecule has 160 valence electrons. The van der Waals surface area contributed by atoms with Gasteiger partial charge in [-0.05, 0) is 41.8 Å². The van der Waals surface area contributed by atoms with Crippen LogP contribution >= 0.6 is 0 Å². The van der Waals surface area contributed by atoms with E-state index in [-0.39, 0.29) is 22.8 Å². The van der Waals surface area contributed by atoms with Gasteiger partial charge in [0.2, 0.25) is 16.9 Å². The summed E-state index contributed by atoms with van der Waals surface area (Å²) < 4.78 is 11.1. The number of rotatable bonds is 3. The molecule has 2 heterocycles. The standard InChI is InChI=1S/C23H15NO8/c25-14-7-11(2-4-17(14)31-12-3-1-10-5-6-24-13(10)8-12)22-21(30)20(29)18-15(26)9-16(27)19(28)23(18)32-22/h1-9,24-28,30H. The number of benzene rings is 3. The minimum absolute atomic E-state index is 0.0911. The molecule has 0 aliphatic rings. The van der Waals surface area contributed by atoms with Gasteiger partial charge < -0.3 is 39.7 Å². The van der Waals surface area contributed by atoms with Gasteiger partial charge in [-0.2, -0.15) is 0 Å². The van der Waals surface area contributed by atoms with Gasteiger partial charge >= 0.3 is 0 Å². The fourth-order valence-corrected chi connectivity index (χ4v) is 3.47. The molecule has 0 bridgehead atoms. The summed E-state index contributed by atoms with van der Waals surface area (Å²) in [7, 11) is 0. The fraction of sp³-hybridized carbons (Fsp3) is 0. The number of hydrogen-bond acceptors (Lipinski definition) is 8. The number of ether oxygens (including phenoxy) is 1. The normalized spacial score (nSPS) is 11.2. The Morgan fingerprint density at radius 2 is 1.62 bits per heavy atom. The van der Waals surface area contributed by atoms with Crippen molar-refractivity contribution >= 4 is 21.9 Å². The maximum absolute atomic E-state index is 12.5. The number of aromatic hydroxyl groups is 5. The Morgan fingerprint density at radius 1 is 0.812 bits per heavy atom. The van der Waals surface area contributed by atoms with Gasteiger partial charge in [0.1, 0.15) is 16.9 Å². The van der Waals surface area contributed by atoms with E-state index in [1.54, 1.807) is 18.3 Å². The van der Waals surface area contributed by atoms with E-state index >= 15 is 0 Å². The van der Waals surface area contributed by atoms with Gasteiger partial charge in [-0.25, -0.2) is 0 Å². The van der Waals surface area contributed by atoms with Crippen LogP contribution in [0.4, 0.5) is 0 Å². The molecule has 0 amide bonds. The Labute approximate surface area is 178 Å².